The second-order valence-electron chi connectivity index (χ2n) is 4.29. The zero-order valence-electron chi connectivity index (χ0n) is 9.09. The molecule has 0 radical (unpaired) electrons. The van der Waals surface area contributed by atoms with Gasteiger partial charge in [0.25, 0.3) is 0 Å². The van der Waals surface area contributed by atoms with Crippen LogP contribution in [0.4, 0.5) is 4.39 Å². The number of hydrogen-bond donors (Lipinski definition) is 0. The van der Waals surface area contributed by atoms with Crippen molar-refractivity contribution in [2.24, 2.45) is 5.92 Å². The van der Waals surface area contributed by atoms with Gasteiger partial charge in [0, 0.05) is 18.3 Å². The van der Waals surface area contributed by atoms with E-state index in [1.165, 1.54) is 6.07 Å². The first-order chi connectivity index (χ1) is 7.13. The van der Waals surface area contributed by atoms with Crippen LogP contribution in [0.25, 0.3) is 0 Å². The topological polar surface area (TPSA) is 17.1 Å². The molecule has 0 amide bonds. The Balaban J connectivity index is 2.27. The van der Waals surface area contributed by atoms with Crippen LogP contribution in [0.3, 0.4) is 0 Å². The van der Waals surface area contributed by atoms with Crippen molar-refractivity contribution in [1.29, 1.82) is 0 Å². The number of benzene rings is 1. The number of ketones is 1. The van der Waals surface area contributed by atoms with Gasteiger partial charge in [0.1, 0.15) is 11.6 Å². The van der Waals surface area contributed by atoms with Crippen LogP contribution < -0.4 is 0 Å². The molecule has 2 unspecified atom stereocenters. The fraction of sp³-hybridized carbons (Fsp3) is 0.462. The molecule has 1 aliphatic rings. The van der Waals surface area contributed by atoms with Crippen LogP contribution >= 0.6 is 0 Å². The van der Waals surface area contributed by atoms with E-state index in [1.54, 1.807) is 6.07 Å². The Morgan fingerprint density at radius 3 is 2.73 bits per heavy atom. The third kappa shape index (κ3) is 1.69. The smallest absolute Gasteiger partial charge is 0.137 e. The van der Waals surface area contributed by atoms with Gasteiger partial charge in [0.15, 0.2) is 0 Å². The van der Waals surface area contributed by atoms with Crippen molar-refractivity contribution < 1.29 is 9.18 Å². The third-order valence-electron chi connectivity index (χ3n) is 3.39. The molecule has 1 saturated carbocycles. The van der Waals surface area contributed by atoms with E-state index in [1.807, 2.05) is 19.9 Å². The molecular formula is C13H15FO. The molecule has 1 aromatic rings. The second kappa shape index (κ2) is 3.76. The summed E-state index contributed by atoms with van der Waals surface area (Å²) >= 11 is 0. The maximum atomic E-state index is 12.9. The molecule has 2 atom stereocenters. The van der Waals surface area contributed by atoms with E-state index in [-0.39, 0.29) is 11.7 Å². The average molecular weight is 206 g/mol. The van der Waals surface area contributed by atoms with Crippen LogP contribution in [0.2, 0.25) is 0 Å². The summed E-state index contributed by atoms with van der Waals surface area (Å²) in [6.07, 6.45) is 1.52. The van der Waals surface area contributed by atoms with Crippen LogP contribution in [-0.2, 0) is 4.79 Å². The van der Waals surface area contributed by atoms with Gasteiger partial charge >= 0.3 is 0 Å². The quantitative estimate of drug-likeness (QED) is 0.726. The molecule has 1 aromatic carbocycles. The van der Waals surface area contributed by atoms with E-state index in [9.17, 15) is 9.18 Å². The van der Waals surface area contributed by atoms with Gasteiger partial charge in [-0.2, -0.15) is 0 Å². The van der Waals surface area contributed by atoms with Crippen LogP contribution in [0.5, 0.6) is 0 Å². The van der Waals surface area contributed by atoms with Crippen LogP contribution in [0.1, 0.15) is 36.8 Å². The van der Waals surface area contributed by atoms with Gasteiger partial charge in [0.2, 0.25) is 0 Å². The number of rotatable bonds is 2. The van der Waals surface area contributed by atoms with Gasteiger partial charge in [-0.1, -0.05) is 13.0 Å². The lowest BCUT2D eigenvalue weighted by molar-refractivity contribution is -0.131. The van der Waals surface area contributed by atoms with Gasteiger partial charge in [-0.15, -0.1) is 0 Å². The molecule has 2 heteroatoms. The minimum Gasteiger partial charge on any atom is -0.299 e. The summed E-state index contributed by atoms with van der Waals surface area (Å²) in [6, 6.07) is 4.85. The lowest BCUT2D eigenvalue weighted by Crippen LogP contribution is -2.35. The Hall–Kier alpha value is -1.18. The predicted octanol–water partition coefficient (Wildman–Crippen LogP) is 3.22. The molecule has 0 heterocycles. The molecule has 0 bridgehead atoms. The van der Waals surface area contributed by atoms with Gasteiger partial charge in [0.05, 0.1) is 0 Å². The van der Waals surface area contributed by atoms with E-state index >= 15 is 0 Å². The molecule has 0 N–H and O–H groups in total. The Labute approximate surface area is 89.3 Å². The van der Waals surface area contributed by atoms with Crippen molar-refractivity contribution in [3.63, 3.8) is 0 Å². The van der Waals surface area contributed by atoms with Crippen molar-refractivity contribution in [1.82, 2.24) is 0 Å². The summed E-state index contributed by atoms with van der Waals surface area (Å²) in [5.41, 5.74) is 2.11. The van der Waals surface area contributed by atoms with Crippen molar-refractivity contribution in [2.45, 2.75) is 32.6 Å². The van der Waals surface area contributed by atoms with Gasteiger partial charge < -0.3 is 0 Å². The zero-order valence-corrected chi connectivity index (χ0v) is 9.09. The van der Waals surface area contributed by atoms with Gasteiger partial charge in [-0.25, -0.2) is 4.39 Å². The number of aryl methyl sites for hydroxylation is 1. The average Bonchev–Trinajstić information content (AvgIpc) is 2.16. The van der Waals surface area contributed by atoms with E-state index in [4.69, 9.17) is 0 Å². The summed E-state index contributed by atoms with van der Waals surface area (Å²) < 4.78 is 12.9. The molecule has 0 spiro atoms. The minimum atomic E-state index is -0.199. The SMILES string of the molecule is CCC1C(=O)CC1c1ccc(F)cc1C. The predicted molar refractivity (Wildman–Crippen MR) is 57.3 cm³/mol. The Bertz CT molecular complexity index is 398. The monoisotopic (exact) mass is 206 g/mol. The van der Waals surface area contributed by atoms with Crippen LogP contribution in [0.15, 0.2) is 18.2 Å². The highest BCUT2D eigenvalue weighted by atomic mass is 19.1. The summed E-state index contributed by atoms with van der Waals surface area (Å²) in [5, 5.41) is 0. The first-order valence-electron chi connectivity index (χ1n) is 5.42. The molecule has 15 heavy (non-hydrogen) atoms. The Kier molecular flexibility index (Phi) is 2.59. The van der Waals surface area contributed by atoms with Crippen LogP contribution in [0, 0.1) is 18.7 Å². The highest BCUT2D eigenvalue weighted by molar-refractivity contribution is 5.89. The highest BCUT2D eigenvalue weighted by Gasteiger charge is 2.39. The largest absolute Gasteiger partial charge is 0.299 e. The Morgan fingerprint density at radius 2 is 2.20 bits per heavy atom. The molecule has 1 nitrogen and oxygen atoms in total. The maximum Gasteiger partial charge on any atom is 0.137 e. The zero-order chi connectivity index (χ0) is 11.0. The number of halogens is 1. The lowest BCUT2D eigenvalue weighted by Gasteiger charge is -2.35. The first kappa shape index (κ1) is 10.3. The molecule has 2 rings (SSSR count). The van der Waals surface area contributed by atoms with E-state index < -0.39 is 0 Å². The number of Topliss-reactive ketones (excluding diaryl/α,β-unsaturated/α-hetero) is 1. The molecule has 0 saturated heterocycles. The molecule has 80 valence electrons. The van der Waals surface area contributed by atoms with Crippen molar-refractivity contribution in [3.05, 3.63) is 35.1 Å². The second-order valence-corrected chi connectivity index (χ2v) is 4.29. The van der Waals surface area contributed by atoms with Crippen molar-refractivity contribution in [2.75, 3.05) is 0 Å². The molecule has 1 fully saturated rings. The summed E-state index contributed by atoms with van der Waals surface area (Å²) in [7, 11) is 0. The fourth-order valence-corrected chi connectivity index (χ4v) is 2.47. The lowest BCUT2D eigenvalue weighted by atomic mass is 9.67. The molecule has 1 aliphatic carbocycles. The van der Waals surface area contributed by atoms with E-state index in [2.05, 4.69) is 0 Å². The highest BCUT2D eigenvalue weighted by Crippen LogP contribution is 2.42. The van der Waals surface area contributed by atoms with Gasteiger partial charge in [-0.3, -0.25) is 4.79 Å². The third-order valence-corrected chi connectivity index (χ3v) is 3.39. The summed E-state index contributed by atoms with van der Waals surface area (Å²) in [4.78, 5) is 11.3. The van der Waals surface area contributed by atoms with Crippen molar-refractivity contribution >= 4 is 5.78 Å². The normalized spacial score (nSPS) is 25.1. The maximum absolute atomic E-state index is 12.9. The van der Waals surface area contributed by atoms with Crippen LogP contribution in [-0.4, -0.2) is 5.78 Å². The van der Waals surface area contributed by atoms with Gasteiger partial charge in [-0.05, 0) is 36.6 Å². The number of carbonyl (C=O) groups is 1. The Morgan fingerprint density at radius 1 is 1.47 bits per heavy atom. The molecular weight excluding hydrogens is 191 g/mol. The standard InChI is InChI=1S/C13H15FO/c1-3-10-12(7-13(10)15)11-5-4-9(14)6-8(11)2/h4-6,10,12H,3,7H2,1-2H3. The van der Waals surface area contributed by atoms with E-state index in [0.29, 0.717) is 18.1 Å². The van der Waals surface area contributed by atoms with E-state index in [0.717, 1.165) is 17.5 Å². The number of carbonyl (C=O) groups excluding carboxylic acids is 1. The number of hydrogen-bond acceptors (Lipinski definition) is 1. The molecule has 0 aliphatic heterocycles. The summed E-state index contributed by atoms with van der Waals surface area (Å²) in [6.45, 7) is 3.95. The summed E-state index contributed by atoms with van der Waals surface area (Å²) in [5.74, 6) is 0.637. The fourth-order valence-electron chi connectivity index (χ4n) is 2.47. The minimum absolute atomic E-state index is 0.161. The van der Waals surface area contributed by atoms with Crippen molar-refractivity contribution in [3.8, 4) is 0 Å². The molecule has 0 aromatic heterocycles. The first-order valence-corrected chi connectivity index (χ1v) is 5.42.